The summed E-state index contributed by atoms with van der Waals surface area (Å²) in [5.41, 5.74) is 2.11. The van der Waals surface area contributed by atoms with Gasteiger partial charge in [0.15, 0.2) is 0 Å². The summed E-state index contributed by atoms with van der Waals surface area (Å²) in [5.74, 6) is 0.0253. The SMILES string of the molecule is Cc1c(OC(=O)c2ccc3cc(O)ccc3c2)ccc(OC(=O)c2ccc3cc(O)ccc3c2)c1C. The number of fused-ring (bicyclic) bond motifs is 2. The van der Waals surface area contributed by atoms with E-state index in [1.54, 1.807) is 98.8 Å². The Kier molecular flexibility index (Phi) is 5.78. The van der Waals surface area contributed by atoms with Crippen LogP contribution in [0, 0.1) is 13.8 Å². The lowest BCUT2D eigenvalue weighted by Crippen LogP contribution is -2.12. The molecule has 0 amide bonds. The first-order valence-electron chi connectivity index (χ1n) is 11.3. The number of aromatic hydroxyl groups is 2. The third kappa shape index (κ3) is 4.44. The molecule has 0 radical (unpaired) electrons. The lowest BCUT2D eigenvalue weighted by molar-refractivity contribution is 0.0717. The number of benzene rings is 5. The Bertz CT molecular complexity index is 1540. The lowest BCUT2D eigenvalue weighted by atomic mass is 10.1. The quantitative estimate of drug-likeness (QED) is 0.227. The number of hydrogen-bond donors (Lipinski definition) is 2. The third-order valence-electron chi connectivity index (χ3n) is 6.21. The van der Waals surface area contributed by atoms with Gasteiger partial charge in [0.25, 0.3) is 0 Å². The van der Waals surface area contributed by atoms with E-state index >= 15 is 0 Å². The Morgan fingerprint density at radius 3 is 1.31 bits per heavy atom. The molecule has 0 aliphatic carbocycles. The van der Waals surface area contributed by atoms with Gasteiger partial charge in [-0.05, 0) is 107 Å². The number of ether oxygens (including phenoxy) is 2. The molecule has 5 aromatic carbocycles. The van der Waals surface area contributed by atoms with Crippen LogP contribution >= 0.6 is 0 Å². The van der Waals surface area contributed by atoms with E-state index in [-0.39, 0.29) is 11.5 Å². The van der Waals surface area contributed by atoms with Crippen molar-refractivity contribution in [3.05, 3.63) is 107 Å². The van der Waals surface area contributed by atoms with E-state index in [4.69, 9.17) is 9.47 Å². The number of hydrogen-bond acceptors (Lipinski definition) is 6. The Hall–Kier alpha value is -4.84. The van der Waals surface area contributed by atoms with Crippen LogP contribution < -0.4 is 9.47 Å². The van der Waals surface area contributed by atoms with Crippen LogP contribution in [0.15, 0.2) is 84.9 Å². The molecule has 0 heterocycles. The molecule has 0 saturated carbocycles. The van der Waals surface area contributed by atoms with Crippen LogP contribution in [-0.4, -0.2) is 22.2 Å². The Balaban J connectivity index is 1.34. The van der Waals surface area contributed by atoms with Gasteiger partial charge in [-0.1, -0.05) is 24.3 Å². The maximum atomic E-state index is 12.8. The van der Waals surface area contributed by atoms with E-state index in [9.17, 15) is 19.8 Å². The minimum atomic E-state index is -0.514. The predicted octanol–water partition coefficient (Wildman–Crippen LogP) is 6.46. The number of phenols is 2. The molecule has 0 aliphatic rings. The highest BCUT2D eigenvalue weighted by molar-refractivity contribution is 5.98. The normalized spacial score (nSPS) is 10.9. The zero-order valence-corrected chi connectivity index (χ0v) is 19.6. The first-order chi connectivity index (χ1) is 17.3. The van der Waals surface area contributed by atoms with Gasteiger partial charge in [-0.25, -0.2) is 9.59 Å². The minimum absolute atomic E-state index is 0.158. The van der Waals surface area contributed by atoms with E-state index in [2.05, 4.69) is 0 Å². The molecule has 36 heavy (non-hydrogen) atoms. The van der Waals surface area contributed by atoms with Gasteiger partial charge in [0.2, 0.25) is 0 Å². The molecule has 6 nitrogen and oxygen atoms in total. The van der Waals surface area contributed by atoms with Gasteiger partial charge in [0.1, 0.15) is 23.0 Å². The zero-order valence-electron chi connectivity index (χ0n) is 19.6. The summed E-state index contributed by atoms with van der Waals surface area (Å²) >= 11 is 0. The average molecular weight is 479 g/mol. The van der Waals surface area contributed by atoms with Crippen LogP contribution in [0.5, 0.6) is 23.0 Å². The third-order valence-corrected chi connectivity index (χ3v) is 6.21. The van der Waals surface area contributed by atoms with Gasteiger partial charge in [-0.2, -0.15) is 0 Å². The number of esters is 2. The van der Waals surface area contributed by atoms with Gasteiger partial charge in [-0.15, -0.1) is 0 Å². The molecule has 5 rings (SSSR count). The molecular weight excluding hydrogens is 456 g/mol. The van der Waals surface area contributed by atoms with Gasteiger partial charge < -0.3 is 19.7 Å². The summed E-state index contributed by atoms with van der Waals surface area (Å²) in [6.45, 7) is 3.59. The van der Waals surface area contributed by atoms with Crippen LogP contribution in [0.1, 0.15) is 31.8 Å². The zero-order chi connectivity index (χ0) is 25.4. The largest absolute Gasteiger partial charge is 0.508 e. The van der Waals surface area contributed by atoms with Crippen molar-refractivity contribution in [1.82, 2.24) is 0 Å². The van der Waals surface area contributed by atoms with Gasteiger partial charge in [-0.3, -0.25) is 0 Å². The second-order valence-corrected chi connectivity index (χ2v) is 8.58. The summed E-state index contributed by atoms with van der Waals surface area (Å²) in [7, 11) is 0. The molecular formula is C30H22O6. The van der Waals surface area contributed by atoms with E-state index < -0.39 is 11.9 Å². The van der Waals surface area contributed by atoms with Crippen molar-refractivity contribution < 1.29 is 29.3 Å². The Labute approximate surface area is 207 Å². The van der Waals surface area contributed by atoms with E-state index in [1.807, 2.05) is 0 Å². The summed E-state index contributed by atoms with van der Waals surface area (Å²) in [6, 6.07) is 23.3. The first kappa shape index (κ1) is 22.9. The highest BCUT2D eigenvalue weighted by Gasteiger charge is 2.17. The molecule has 0 bridgehead atoms. The summed E-state index contributed by atoms with van der Waals surface area (Å²) < 4.78 is 11.3. The van der Waals surface area contributed by atoms with Crippen molar-refractivity contribution >= 4 is 33.5 Å². The molecule has 0 aliphatic heterocycles. The van der Waals surface area contributed by atoms with Crippen molar-refractivity contribution in [2.24, 2.45) is 0 Å². The van der Waals surface area contributed by atoms with E-state index in [0.717, 1.165) is 21.5 Å². The fourth-order valence-corrected chi connectivity index (χ4v) is 4.03. The Morgan fingerprint density at radius 2 is 0.889 bits per heavy atom. The maximum Gasteiger partial charge on any atom is 0.343 e. The molecule has 2 N–H and O–H groups in total. The molecule has 0 fully saturated rings. The highest BCUT2D eigenvalue weighted by atomic mass is 16.5. The highest BCUT2D eigenvalue weighted by Crippen LogP contribution is 2.31. The number of phenolic OH excluding ortho intramolecular Hbond substituents is 2. The van der Waals surface area contributed by atoms with Crippen LogP contribution in [0.3, 0.4) is 0 Å². The van der Waals surface area contributed by atoms with Crippen molar-refractivity contribution in [1.29, 1.82) is 0 Å². The van der Waals surface area contributed by atoms with Gasteiger partial charge in [0, 0.05) is 0 Å². The lowest BCUT2D eigenvalue weighted by Gasteiger charge is -2.14. The second kappa shape index (κ2) is 9.07. The molecule has 0 unspecified atom stereocenters. The smallest absolute Gasteiger partial charge is 0.343 e. The van der Waals surface area contributed by atoms with E-state index in [1.165, 1.54) is 0 Å². The molecule has 0 spiro atoms. The van der Waals surface area contributed by atoms with Crippen LogP contribution in [0.4, 0.5) is 0 Å². The number of carbonyl (C=O) groups is 2. The fraction of sp³-hybridized carbons (Fsp3) is 0.0667. The first-order valence-corrected chi connectivity index (χ1v) is 11.3. The van der Waals surface area contributed by atoms with Crippen LogP contribution in [0.25, 0.3) is 21.5 Å². The molecule has 178 valence electrons. The maximum absolute atomic E-state index is 12.8. The van der Waals surface area contributed by atoms with Crippen molar-refractivity contribution in [2.75, 3.05) is 0 Å². The van der Waals surface area contributed by atoms with Crippen LogP contribution in [-0.2, 0) is 0 Å². The van der Waals surface area contributed by atoms with Crippen molar-refractivity contribution in [3.63, 3.8) is 0 Å². The second-order valence-electron chi connectivity index (χ2n) is 8.58. The summed E-state index contributed by atoms with van der Waals surface area (Å²) in [4.78, 5) is 25.6. The predicted molar refractivity (Wildman–Crippen MR) is 137 cm³/mol. The molecule has 5 aromatic rings. The summed E-state index contributed by atoms with van der Waals surface area (Å²) in [6.07, 6.45) is 0. The van der Waals surface area contributed by atoms with Crippen LogP contribution in [0.2, 0.25) is 0 Å². The molecule has 6 heteroatoms. The number of rotatable bonds is 4. The molecule has 0 saturated heterocycles. The molecule has 0 atom stereocenters. The summed E-state index contributed by atoms with van der Waals surface area (Å²) in [5, 5.41) is 22.5. The molecule has 0 aromatic heterocycles. The average Bonchev–Trinajstić information content (AvgIpc) is 2.87. The van der Waals surface area contributed by atoms with E-state index in [0.29, 0.717) is 33.8 Å². The fourth-order valence-electron chi connectivity index (χ4n) is 4.03. The topological polar surface area (TPSA) is 93.1 Å². The van der Waals surface area contributed by atoms with Gasteiger partial charge >= 0.3 is 11.9 Å². The minimum Gasteiger partial charge on any atom is -0.508 e. The monoisotopic (exact) mass is 478 g/mol. The van der Waals surface area contributed by atoms with Crippen molar-refractivity contribution in [2.45, 2.75) is 13.8 Å². The van der Waals surface area contributed by atoms with Gasteiger partial charge in [0.05, 0.1) is 11.1 Å². The standard InChI is InChI=1S/C30H22O6/c1-17-18(2)28(36-30(34)24-6-4-22-16-26(32)10-8-20(22)14-24)12-11-27(17)35-29(33)23-5-3-21-15-25(31)9-7-19(21)13-23/h3-16,31-32H,1-2H3. The van der Waals surface area contributed by atoms with Crippen molar-refractivity contribution in [3.8, 4) is 23.0 Å². The Morgan fingerprint density at radius 1 is 0.528 bits per heavy atom. The number of carbonyl (C=O) groups excluding carboxylic acids is 2.